The normalized spacial score (nSPS) is 18.2. The number of carbonyl (C=O) groups excluding carboxylic acids is 1. The molecule has 0 spiro atoms. The molecule has 0 unspecified atom stereocenters. The van der Waals surface area contributed by atoms with Crippen LogP contribution < -0.4 is 4.74 Å². The minimum Gasteiger partial charge on any atom is -0.507 e. The number of hydrogen-bond acceptors (Lipinski definition) is 4. The Morgan fingerprint density at radius 1 is 1.48 bits per heavy atom. The molecule has 0 aromatic heterocycles. The fourth-order valence-corrected chi connectivity index (χ4v) is 2.79. The molecule has 0 bridgehead atoms. The number of benzene rings is 1. The molecule has 4 heteroatoms. The minimum atomic E-state index is -0.678. The van der Waals surface area contributed by atoms with E-state index in [-0.39, 0.29) is 11.9 Å². The largest absolute Gasteiger partial charge is 0.507 e. The smallest absolute Gasteiger partial charge is 0.154 e. The highest BCUT2D eigenvalue weighted by Gasteiger charge is 2.28. The maximum Gasteiger partial charge on any atom is 0.154 e. The summed E-state index contributed by atoms with van der Waals surface area (Å²) in [5.74, 6) is 0.620. The van der Waals surface area contributed by atoms with Crippen LogP contribution in [0.4, 0.5) is 0 Å². The fourth-order valence-electron chi connectivity index (χ4n) is 2.79. The number of allylic oxidation sites excluding steroid dienone is 3. The first kappa shape index (κ1) is 17.3. The minimum absolute atomic E-state index is 0.0345. The molecule has 0 saturated heterocycles. The highest BCUT2D eigenvalue weighted by molar-refractivity contribution is 5.84. The van der Waals surface area contributed by atoms with Gasteiger partial charge in [-0.05, 0) is 46.1 Å². The second-order valence-corrected chi connectivity index (χ2v) is 6.09. The van der Waals surface area contributed by atoms with Crippen molar-refractivity contribution in [2.75, 3.05) is 0 Å². The molecule has 4 nitrogen and oxygen atoms in total. The van der Waals surface area contributed by atoms with E-state index in [1.165, 1.54) is 0 Å². The lowest BCUT2D eigenvalue weighted by molar-refractivity contribution is 0.0524. The molecule has 2 rings (SSSR count). The summed E-state index contributed by atoms with van der Waals surface area (Å²) in [4.78, 5) is 11.4. The first-order valence-electron chi connectivity index (χ1n) is 7.91. The van der Waals surface area contributed by atoms with Gasteiger partial charge < -0.3 is 14.9 Å². The van der Waals surface area contributed by atoms with Crippen LogP contribution in [0.5, 0.6) is 11.5 Å². The second-order valence-electron chi connectivity index (χ2n) is 6.09. The van der Waals surface area contributed by atoms with Crippen LogP contribution in [0.25, 0.3) is 0 Å². The quantitative estimate of drug-likeness (QED) is 0.646. The highest BCUT2D eigenvalue weighted by Crippen LogP contribution is 2.38. The summed E-state index contributed by atoms with van der Waals surface area (Å²) in [7, 11) is 0. The number of rotatable bonds is 5. The number of hydrogen-bond donors (Lipinski definition) is 2. The van der Waals surface area contributed by atoms with Gasteiger partial charge in [0.2, 0.25) is 0 Å². The standard InChI is InChI=1S/C19H24O4/c1-4-5-16(21)17-9-8-14-15(11-20)19(22)13(7-6-12(2)3)10-18(14)23-17/h4-6,10-11,16-17,21-22H,7-9H2,1-3H3/b5-4+/t16-,17+/m1/s1. The molecule has 0 amide bonds. The molecular weight excluding hydrogens is 292 g/mol. The predicted molar refractivity (Wildman–Crippen MR) is 90.2 cm³/mol. The van der Waals surface area contributed by atoms with Crippen LogP contribution in [0.3, 0.4) is 0 Å². The van der Waals surface area contributed by atoms with Crippen molar-refractivity contribution in [2.24, 2.45) is 0 Å². The van der Waals surface area contributed by atoms with Gasteiger partial charge in [0.15, 0.2) is 6.29 Å². The Morgan fingerprint density at radius 3 is 2.83 bits per heavy atom. The van der Waals surface area contributed by atoms with E-state index in [9.17, 15) is 15.0 Å². The van der Waals surface area contributed by atoms with Crippen LogP contribution >= 0.6 is 0 Å². The first-order valence-corrected chi connectivity index (χ1v) is 7.91. The van der Waals surface area contributed by atoms with Gasteiger partial charge in [-0.2, -0.15) is 0 Å². The van der Waals surface area contributed by atoms with Gasteiger partial charge in [-0.25, -0.2) is 0 Å². The van der Waals surface area contributed by atoms with Crippen LogP contribution in [-0.2, 0) is 12.8 Å². The lowest BCUT2D eigenvalue weighted by Gasteiger charge is -2.30. The molecule has 0 radical (unpaired) electrons. The zero-order valence-electron chi connectivity index (χ0n) is 13.9. The van der Waals surface area contributed by atoms with Crippen molar-refractivity contribution in [3.8, 4) is 11.5 Å². The molecule has 1 heterocycles. The van der Waals surface area contributed by atoms with Gasteiger partial charge in [0, 0.05) is 11.1 Å². The summed E-state index contributed by atoms with van der Waals surface area (Å²) in [5, 5.41) is 20.4. The number of phenols is 1. The van der Waals surface area contributed by atoms with E-state index in [4.69, 9.17) is 4.74 Å². The maximum absolute atomic E-state index is 11.4. The summed E-state index contributed by atoms with van der Waals surface area (Å²) in [6, 6.07) is 1.78. The molecule has 23 heavy (non-hydrogen) atoms. The van der Waals surface area contributed by atoms with Crippen LogP contribution in [-0.4, -0.2) is 28.7 Å². The van der Waals surface area contributed by atoms with Crippen LogP contribution in [0.15, 0.2) is 29.9 Å². The van der Waals surface area contributed by atoms with Gasteiger partial charge in [0.1, 0.15) is 23.7 Å². The van der Waals surface area contributed by atoms with E-state index in [1.54, 1.807) is 18.2 Å². The Bertz CT molecular complexity index is 639. The molecule has 0 fully saturated rings. The number of ether oxygens (including phenoxy) is 1. The predicted octanol–water partition coefficient (Wildman–Crippen LogP) is 3.34. The molecular formula is C19H24O4. The lowest BCUT2D eigenvalue weighted by atomic mass is 9.92. The van der Waals surface area contributed by atoms with Gasteiger partial charge in [0.05, 0.1) is 5.56 Å². The van der Waals surface area contributed by atoms with E-state index in [1.807, 2.05) is 26.8 Å². The molecule has 124 valence electrons. The van der Waals surface area contributed by atoms with Crippen molar-refractivity contribution in [2.45, 2.75) is 52.2 Å². The third-order valence-electron chi connectivity index (χ3n) is 4.06. The van der Waals surface area contributed by atoms with Crippen molar-refractivity contribution in [3.63, 3.8) is 0 Å². The Morgan fingerprint density at radius 2 is 2.22 bits per heavy atom. The Hall–Kier alpha value is -2.07. The molecule has 2 atom stereocenters. The number of carbonyl (C=O) groups is 1. The average Bonchev–Trinajstić information content (AvgIpc) is 2.52. The number of aliphatic hydroxyl groups excluding tert-OH is 1. The SMILES string of the molecule is C/C=C/[C@@H](O)[C@@H]1CCc2c(cc(CC=C(C)C)c(O)c2C=O)O1. The zero-order chi connectivity index (χ0) is 17.0. The van der Waals surface area contributed by atoms with Crippen molar-refractivity contribution in [1.82, 2.24) is 0 Å². The molecule has 1 aromatic carbocycles. The monoisotopic (exact) mass is 316 g/mol. The zero-order valence-corrected chi connectivity index (χ0v) is 13.9. The molecule has 0 saturated carbocycles. The maximum atomic E-state index is 11.4. The van der Waals surface area contributed by atoms with Crippen LogP contribution in [0.1, 0.15) is 48.7 Å². The van der Waals surface area contributed by atoms with Gasteiger partial charge in [-0.15, -0.1) is 0 Å². The Kier molecular flexibility index (Phi) is 5.61. The van der Waals surface area contributed by atoms with Crippen LogP contribution in [0, 0.1) is 0 Å². The van der Waals surface area contributed by atoms with Gasteiger partial charge in [-0.3, -0.25) is 4.79 Å². The molecule has 1 aromatic rings. The third kappa shape index (κ3) is 3.82. The number of aldehydes is 1. The average molecular weight is 316 g/mol. The molecule has 2 N–H and O–H groups in total. The Balaban J connectivity index is 2.39. The van der Waals surface area contributed by atoms with Gasteiger partial charge in [-0.1, -0.05) is 23.8 Å². The summed E-state index contributed by atoms with van der Waals surface area (Å²) in [6.07, 6.45) is 6.89. The van der Waals surface area contributed by atoms with Crippen molar-refractivity contribution in [1.29, 1.82) is 0 Å². The summed E-state index contributed by atoms with van der Waals surface area (Å²) >= 11 is 0. The van der Waals surface area contributed by atoms with Crippen LogP contribution in [0.2, 0.25) is 0 Å². The topological polar surface area (TPSA) is 66.8 Å². The molecule has 1 aliphatic rings. The van der Waals surface area contributed by atoms with E-state index >= 15 is 0 Å². The van der Waals surface area contributed by atoms with Gasteiger partial charge >= 0.3 is 0 Å². The number of phenolic OH excluding ortho intramolecular Hbond substituents is 1. The Labute approximate surface area is 137 Å². The van der Waals surface area contributed by atoms with Crippen molar-refractivity contribution in [3.05, 3.63) is 46.6 Å². The fraction of sp³-hybridized carbons (Fsp3) is 0.421. The van der Waals surface area contributed by atoms with Crippen molar-refractivity contribution >= 4 is 6.29 Å². The first-order chi connectivity index (χ1) is 11.0. The van der Waals surface area contributed by atoms with E-state index in [2.05, 4.69) is 0 Å². The number of fused-ring (bicyclic) bond motifs is 1. The number of aliphatic hydroxyl groups is 1. The van der Waals surface area contributed by atoms with Crippen molar-refractivity contribution < 1.29 is 19.7 Å². The van der Waals surface area contributed by atoms with E-state index in [0.29, 0.717) is 42.4 Å². The third-order valence-corrected chi connectivity index (χ3v) is 4.06. The molecule has 0 aliphatic carbocycles. The van der Waals surface area contributed by atoms with Gasteiger partial charge in [0.25, 0.3) is 0 Å². The number of aromatic hydroxyl groups is 1. The summed E-state index contributed by atoms with van der Waals surface area (Å²) in [5.41, 5.74) is 2.83. The highest BCUT2D eigenvalue weighted by atomic mass is 16.5. The summed E-state index contributed by atoms with van der Waals surface area (Å²) in [6.45, 7) is 5.81. The lowest BCUT2D eigenvalue weighted by Crippen LogP contribution is -2.34. The summed E-state index contributed by atoms with van der Waals surface area (Å²) < 4.78 is 5.90. The second kappa shape index (κ2) is 7.47. The van der Waals surface area contributed by atoms with E-state index < -0.39 is 6.10 Å². The molecule has 1 aliphatic heterocycles. The van der Waals surface area contributed by atoms with E-state index in [0.717, 1.165) is 11.1 Å².